The second-order valence-corrected chi connectivity index (χ2v) is 12.2. The van der Waals surface area contributed by atoms with Crippen molar-refractivity contribution in [2.45, 2.75) is 37.7 Å². The SMILES string of the molecule is COc1cc(OC)c2c(c1Cl)OC1(C2=O)C(O)=C(C(CC(=O)NCCC(=O)Nc2ccccn2)c2cc(OC)c(OC)c(OC)c2)C(=O)CC1C. The Morgan fingerprint density at radius 2 is 1.65 bits per heavy atom. The van der Waals surface area contributed by atoms with Crippen LogP contribution in [0.25, 0.3) is 0 Å². The second-order valence-electron chi connectivity index (χ2n) is 11.8. The van der Waals surface area contributed by atoms with Crippen molar-refractivity contribution in [3.63, 3.8) is 0 Å². The molecule has 2 aliphatic rings. The van der Waals surface area contributed by atoms with Crippen molar-refractivity contribution in [1.29, 1.82) is 0 Å². The van der Waals surface area contributed by atoms with E-state index in [9.17, 15) is 24.3 Å². The number of hydrogen-bond donors (Lipinski definition) is 3. The second kappa shape index (κ2) is 15.2. The van der Waals surface area contributed by atoms with E-state index in [0.29, 0.717) is 11.4 Å². The normalized spacial score (nSPS) is 18.5. The number of aliphatic hydroxyl groups excluding tert-OH is 1. The number of ketones is 2. The van der Waals surface area contributed by atoms with E-state index in [-0.39, 0.29) is 75.9 Å². The van der Waals surface area contributed by atoms with E-state index in [1.807, 2.05) is 0 Å². The first-order chi connectivity index (χ1) is 24.4. The number of Topliss-reactive ketones (excluding diaryl/α,β-unsaturated/α-hetero) is 2. The number of allylic oxidation sites excluding steroid dienone is 1. The molecule has 2 aromatic carbocycles. The lowest BCUT2D eigenvalue weighted by molar-refractivity contribution is -0.122. The summed E-state index contributed by atoms with van der Waals surface area (Å²) in [6.07, 6.45) is 0.839. The Balaban J connectivity index is 1.57. The highest BCUT2D eigenvalue weighted by Gasteiger charge is 2.61. The minimum atomic E-state index is -2.09. The van der Waals surface area contributed by atoms with Crippen LogP contribution in [0, 0.1) is 5.92 Å². The van der Waals surface area contributed by atoms with Gasteiger partial charge in [0.2, 0.25) is 28.9 Å². The Labute approximate surface area is 299 Å². The predicted octanol–water partition coefficient (Wildman–Crippen LogP) is 4.83. The number of methoxy groups -OCH3 is 5. The van der Waals surface area contributed by atoms with Crippen molar-refractivity contribution < 1.29 is 52.7 Å². The number of ether oxygens (including phenoxy) is 6. The monoisotopic (exact) mass is 723 g/mol. The van der Waals surface area contributed by atoms with E-state index in [1.54, 1.807) is 37.3 Å². The third-order valence-electron chi connectivity index (χ3n) is 8.95. The van der Waals surface area contributed by atoms with E-state index >= 15 is 0 Å². The van der Waals surface area contributed by atoms with E-state index in [2.05, 4.69) is 15.6 Å². The Kier molecular flexibility index (Phi) is 10.9. The third-order valence-corrected chi connectivity index (χ3v) is 9.30. The fraction of sp³-hybridized carbons (Fsp3) is 0.361. The summed E-state index contributed by atoms with van der Waals surface area (Å²) >= 11 is 6.60. The highest BCUT2D eigenvalue weighted by Crippen LogP contribution is 2.56. The Morgan fingerprint density at radius 3 is 2.24 bits per heavy atom. The van der Waals surface area contributed by atoms with Crippen molar-refractivity contribution >= 4 is 40.8 Å². The summed E-state index contributed by atoms with van der Waals surface area (Å²) in [6, 6.07) is 9.60. The first-order valence-electron chi connectivity index (χ1n) is 15.9. The molecule has 1 aliphatic carbocycles. The lowest BCUT2D eigenvalue weighted by Crippen LogP contribution is -2.53. The zero-order valence-corrected chi connectivity index (χ0v) is 29.6. The predicted molar refractivity (Wildman–Crippen MR) is 185 cm³/mol. The van der Waals surface area contributed by atoms with Gasteiger partial charge >= 0.3 is 0 Å². The van der Waals surface area contributed by atoms with E-state index in [1.165, 1.54) is 47.8 Å². The summed E-state index contributed by atoms with van der Waals surface area (Å²) in [6.45, 7) is 1.56. The molecule has 1 aliphatic heterocycles. The van der Waals surface area contributed by atoms with Crippen molar-refractivity contribution in [3.05, 3.63) is 70.1 Å². The van der Waals surface area contributed by atoms with Crippen LogP contribution in [0.15, 0.2) is 53.9 Å². The molecule has 15 heteroatoms. The quantitative estimate of drug-likeness (QED) is 0.219. The molecule has 2 heterocycles. The van der Waals surface area contributed by atoms with Crippen LogP contribution in [0.2, 0.25) is 5.02 Å². The van der Waals surface area contributed by atoms with E-state index in [4.69, 9.17) is 40.0 Å². The smallest absolute Gasteiger partial charge is 0.231 e. The zero-order chi connectivity index (χ0) is 37.0. The molecule has 51 heavy (non-hydrogen) atoms. The molecule has 3 N–H and O–H groups in total. The number of hydrogen-bond acceptors (Lipinski definition) is 12. The Bertz CT molecular complexity index is 1870. The first kappa shape index (κ1) is 36.8. The summed E-state index contributed by atoms with van der Waals surface area (Å²) in [5.41, 5.74) is -2.02. The summed E-state index contributed by atoms with van der Waals surface area (Å²) < 4.78 is 33.7. The van der Waals surface area contributed by atoms with E-state index < -0.39 is 47.1 Å². The number of benzene rings is 2. The molecule has 1 spiro atoms. The highest BCUT2D eigenvalue weighted by molar-refractivity contribution is 6.35. The number of amides is 2. The van der Waals surface area contributed by atoms with Gasteiger partial charge in [-0.1, -0.05) is 24.6 Å². The molecule has 3 aromatic rings. The number of rotatable bonds is 13. The number of anilines is 1. The van der Waals surface area contributed by atoms with Gasteiger partial charge in [0.1, 0.15) is 27.9 Å². The van der Waals surface area contributed by atoms with Gasteiger partial charge in [0.05, 0.1) is 35.5 Å². The number of nitrogens with zero attached hydrogens (tertiary/aromatic N) is 1. The number of aliphatic hydroxyl groups is 1. The summed E-state index contributed by atoms with van der Waals surface area (Å²) in [5.74, 6) is -3.59. The van der Waals surface area contributed by atoms with Crippen LogP contribution >= 0.6 is 11.6 Å². The topological polar surface area (TPSA) is 181 Å². The van der Waals surface area contributed by atoms with Gasteiger partial charge in [-0.2, -0.15) is 0 Å². The largest absolute Gasteiger partial charge is 0.507 e. The van der Waals surface area contributed by atoms with Gasteiger partial charge in [0.15, 0.2) is 28.8 Å². The number of halogens is 1. The van der Waals surface area contributed by atoms with Crippen molar-refractivity contribution in [2.75, 3.05) is 47.4 Å². The molecule has 1 aromatic heterocycles. The standard InChI is InChI=1S/C36H38ClN3O11/c1-18-13-21(41)29(34(44)36(18)35(45)30-22(46-2)17-23(47-3)31(37)33(30)51-36)20(19-14-24(48-4)32(50-6)25(15-19)49-5)16-28(43)39-12-10-27(42)40-26-9-7-8-11-38-26/h7-9,11,14-15,17-18,20,44H,10,12-13,16H2,1-6H3,(H,39,43)(H,38,40,42). The maximum atomic E-state index is 14.4. The number of nitrogens with one attached hydrogen (secondary N) is 2. The fourth-order valence-electron chi connectivity index (χ4n) is 6.44. The maximum Gasteiger partial charge on any atom is 0.231 e. The molecule has 2 amide bonds. The average Bonchev–Trinajstić information content (AvgIpc) is 3.44. The molecule has 0 saturated heterocycles. The molecule has 3 unspecified atom stereocenters. The third kappa shape index (κ3) is 6.70. The van der Waals surface area contributed by atoms with Crippen LogP contribution in [0.1, 0.15) is 48.0 Å². The molecule has 5 rings (SSSR count). The van der Waals surface area contributed by atoms with E-state index in [0.717, 1.165) is 0 Å². The summed E-state index contributed by atoms with van der Waals surface area (Å²) in [5, 5.41) is 17.5. The maximum absolute atomic E-state index is 14.4. The van der Waals surface area contributed by atoms with Gasteiger partial charge < -0.3 is 44.2 Å². The van der Waals surface area contributed by atoms with Gasteiger partial charge in [0.25, 0.3) is 0 Å². The number of aromatic nitrogens is 1. The average molecular weight is 724 g/mol. The Hall–Kier alpha value is -5.50. The molecule has 270 valence electrons. The van der Waals surface area contributed by atoms with Crippen LogP contribution in [-0.2, 0) is 14.4 Å². The molecule has 3 atom stereocenters. The van der Waals surface area contributed by atoms with Crippen LogP contribution in [0.4, 0.5) is 5.82 Å². The van der Waals surface area contributed by atoms with Crippen molar-refractivity contribution in [1.82, 2.24) is 10.3 Å². The number of pyridine rings is 1. The van der Waals surface area contributed by atoms with Crippen LogP contribution in [0.3, 0.4) is 0 Å². The highest BCUT2D eigenvalue weighted by atomic mass is 35.5. The lowest BCUT2D eigenvalue weighted by Gasteiger charge is -2.38. The lowest BCUT2D eigenvalue weighted by atomic mass is 9.69. The molecule has 0 bridgehead atoms. The van der Waals surface area contributed by atoms with Gasteiger partial charge in [-0.3, -0.25) is 19.2 Å². The molecule has 0 fully saturated rings. The number of fused-ring (bicyclic) bond motifs is 1. The number of carbonyl (C=O) groups excluding carboxylic acids is 4. The van der Waals surface area contributed by atoms with Crippen molar-refractivity contribution in [2.24, 2.45) is 5.92 Å². The number of carbonyl (C=O) groups is 4. The molecular weight excluding hydrogens is 686 g/mol. The van der Waals surface area contributed by atoms with Gasteiger partial charge in [-0.05, 0) is 29.8 Å². The molecule has 0 saturated carbocycles. The van der Waals surface area contributed by atoms with Crippen LogP contribution in [-0.4, -0.2) is 81.2 Å². The first-order valence-corrected chi connectivity index (χ1v) is 16.3. The molecule has 14 nitrogen and oxygen atoms in total. The summed E-state index contributed by atoms with van der Waals surface area (Å²) in [7, 11) is 6.99. The minimum Gasteiger partial charge on any atom is -0.507 e. The van der Waals surface area contributed by atoms with Crippen LogP contribution in [0.5, 0.6) is 34.5 Å². The molecule has 0 radical (unpaired) electrons. The van der Waals surface area contributed by atoms with Crippen molar-refractivity contribution in [3.8, 4) is 34.5 Å². The van der Waals surface area contributed by atoms with Gasteiger partial charge in [-0.25, -0.2) is 4.98 Å². The van der Waals surface area contributed by atoms with Gasteiger partial charge in [-0.15, -0.1) is 0 Å². The Morgan fingerprint density at radius 1 is 0.980 bits per heavy atom. The van der Waals surface area contributed by atoms with Crippen LogP contribution < -0.4 is 39.1 Å². The zero-order valence-electron chi connectivity index (χ0n) is 28.9. The summed E-state index contributed by atoms with van der Waals surface area (Å²) in [4.78, 5) is 58.5. The fourth-order valence-corrected chi connectivity index (χ4v) is 6.71. The molecular formula is C36H38ClN3O11. The van der Waals surface area contributed by atoms with Gasteiger partial charge in [0, 0.05) is 55.5 Å². The minimum absolute atomic E-state index is 0.0235.